The first-order chi connectivity index (χ1) is 14.3. The minimum absolute atomic E-state index is 0.101. The zero-order valence-corrected chi connectivity index (χ0v) is 19.5. The summed E-state index contributed by atoms with van der Waals surface area (Å²) >= 11 is 1.62. The maximum Gasteiger partial charge on any atom is 0.242 e. The number of nitrogens with one attached hydrogen (secondary N) is 1. The highest BCUT2D eigenvalue weighted by molar-refractivity contribution is 8.01. The summed E-state index contributed by atoms with van der Waals surface area (Å²) in [5.41, 5.74) is 0.394. The Kier molecular flexibility index (Phi) is 8.24. The molecule has 1 aromatic heterocycles. The van der Waals surface area contributed by atoms with Crippen molar-refractivity contribution in [2.24, 2.45) is 0 Å². The van der Waals surface area contributed by atoms with E-state index in [2.05, 4.69) is 10.5 Å². The molecule has 1 aromatic rings. The number of aromatic nitrogens is 1. The molecule has 2 unspecified atom stereocenters. The molecule has 0 aliphatic carbocycles. The lowest BCUT2D eigenvalue weighted by atomic mass is 9.90. The van der Waals surface area contributed by atoms with Crippen molar-refractivity contribution in [2.45, 2.75) is 88.8 Å². The van der Waals surface area contributed by atoms with E-state index in [-0.39, 0.29) is 23.7 Å². The Morgan fingerprint density at radius 3 is 2.57 bits per heavy atom. The van der Waals surface area contributed by atoms with Crippen molar-refractivity contribution in [1.29, 1.82) is 0 Å². The lowest BCUT2D eigenvalue weighted by Gasteiger charge is -2.28. The van der Waals surface area contributed by atoms with Crippen LogP contribution in [0.25, 0.3) is 0 Å². The van der Waals surface area contributed by atoms with Crippen molar-refractivity contribution in [1.82, 2.24) is 5.16 Å². The van der Waals surface area contributed by atoms with E-state index in [1.165, 1.54) is 6.42 Å². The molecule has 2 aliphatic heterocycles. The fourth-order valence-corrected chi connectivity index (χ4v) is 4.49. The van der Waals surface area contributed by atoms with Crippen molar-refractivity contribution in [2.75, 3.05) is 30.9 Å². The van der Waals surface area contributed by atoms with Crippen molar-refractivity contribution in [3.63, 3.8) is 0 Å². The van der Waals surface area contributed by atoms with Crippen LogP contribution in [0.4, 0.5) is 5.88 Å². The number of hydrogen-bond donors (Lipinski definition) is 1. The number of thioether (sulfide) groups is 1. The number of ether oxygens (including phenoxy) is 3. The third-order valence-electron chi connectivity index (χ3n) is 5.66. The van der Waals surface area contributed by atoms with Gasteiger partial charge in [0.1, 0.15) is 0 Å². The first-order valence-corrected chi connectivity index (χ1v) is 12.0. The molecule has 8 heteroatoms. The highest BCUT2D eigenvalue weighted by atomic mass is 32.2. The van der Waals surface area contributed by atoms with Crippen molar-refractivity contribution >= 4 is 23.6 Å². The van der Waals surface area contributed by atoms with Crippen molar-refractivity contribution in [3.05, 3.63) is 11.8 Å². The Hall–Kier alpha value is -1.09. The lowest BCUT2D eigenvalue weighted by Crippen LogP contribution is -2.36. The molecule has 0 bridgehead atoms. The molecule has 1 N–H and O–H groups in total. The van der Waals surface area contributed by atoms with E-state index >= 15 is 0 Å². The van der Waals surface area contributed by atoms with E-state index in [1.54, 1.807) is 17.8 Å². The Morgan fingerprint density at radius 1 is 1.17 bits per heavy atom. The Morgan fingerprint density at radius 2 is 1.90 bits per heavy atom. The van der Waals surface area contributed by atoms with Gasteiger partial charge in [-0.1, -0.05) is 19.0 Å². The minimum Gasteiger partial charge on any atom is -0.377 e. The Labute approximate surface area is 183 Å². The predicted molar refractivity (Wildman–Crippen MR) is 118 cm³/mol. The summed E-state index contributed by atoms with van der Waals surface area (Å²) in [6, 6.07) is 1.79. The van der Waals surface area contributed by atoms with Crippen LogP contribution in [0.3, 0.4) is 0 Å². The van der Waals surface area contributed by atoms with Crippen LogP contribution >= 0.6 is 11.8 Å². The minimum atomic E-state index is -0.593. The second-order valence-corrected chi connectivity index (χ2v) is 11.0. The average Bonchev–Trinajstić information content (AvgIpc) is 3.22. The smallest absolute Gasteiger partial charge is 0.242 e. The Balaban J connectivity index is 1.49. The summed E-state index contributed by atoms with van der Waals surface area (Å²) < 4.78 is 22.2. The van der Waals surface area contributed by atoms with E-state index in [9.17, 15) is 4.79 Å². The molecular weight excluding hydrogens is 404 g/mol. The molecule has 3 rings (SSSR count). The molecule has 0 saturated carbocycles. The summed E-state index contributed by atoms with van der Waals surface area (Å²) in [5, 5.41) is 7.04. The fraction of sp³-hybridized carbons (Fsp3) is 0.818. The molecule has 170 valence electrons. The van der Waals surface area contributed by atoms with E-state index in [0.717, 1.165) is 56.8 Å². The van der Waals surface area contributed by atoms with Gasteiger partial charge in [-0.3, -0.25) is 10.1 Å². The van der Waals surface area contributed by atoms with Gasteiger partial charge in [0.2, 0.25) is 11.8 Å². The number of hydrogen-bond acceptors (Lipinski definition) is 7. The van der Waals surface area contributed by atoms with Crippen LogP contribution in [-0.2, 0) is 24.4 Å². The normalized spacial score (nSPS) is 23.3. The van der Waals surface area contributed by atoms with Gasteiger partial charge in [-0.05, 0) is 52.4 Å². The quantitative estimate of drug-likeness (QED) is 0.605. The van der Waals surface area contributed by atoms with Crippen LogP contribution < -0.4 is 5.32 Å². The molecule has 0 aromatic carbocycles. The van der Waals surface area contributed by atoms with E-state index in [4.69, 9.17) is 18.7 Å². The van der Waals surface area contributed by atoms with Crippen LogP contribution in [0.5, 0.6) is 0 Å². The van der Waals surface area contributed by atoms with Gasteiger partial charge in [0.25, 0.3) is 0 Å². The number of amides is 1. The molecule has 0 spiro atoms. The highest BCUT2D eigenvalue weighted by Gasteiger charge is 2.32. The number of carbonyl (C=O) groups excluding carboxylic acids is 1. The van der Waals surface area contributed by atoms with E-state index in [0.29, 0.717) is 12.5 Å². The van der Waals surface area contributed by atoms with E-state index in [1.807, 2.05) is 27.7 Å². The number of rotatable bonds is 9. The number of nitrogens with zero attached hydrogens (tertiary/aromatic N) is 1. The molecule has 1 amide bonds. The van der Waals surface area contributed by atoms with Crippen LogP contribution in [0.1, 0.15) is 71.9 Å². The van der Waals surface area contributed by atoms with Gasteiger partial charge in [-0.15, -0.1) is 11.8 Å². The molecule has 2 saturated heterocycles. The molecule has 30 heavy (non-hydrogen) atoms. The fourth-order valence-electron chi connectivity index (χ4n) is 3.44. The van der Waals surface area contributed by atoms with Gasteiger partial charge >= 0.3 is 0 Å². The zero-order chi connectivity index (χ0) is 21.6. The SMILES string of the molecule is CC(C)(SCC1CCCCO1)C(=O)Nc1cc(C(C)(C)COC2CCCCO2)no1. The lowest BCUT2D eigenvalue weighted by molar-refractivity contribution is -0.170. The molecule has 2 fully saturated rings. The zero-order valence-electron chi connectivity index (χ0n) is 18.7. The largest absolute Gasteiger partial charge is 0.377 e. The molecular formula is C22H36N2O5S. The first-order valence-electron chi connectivity index (χ1n) is 11.0. The number of anilines is 1. The molecule has 3 heterocycles. The van der Waals surface area contributed by atoms with Gasteiger partial charge in [-0.25, -0.2) is 0 Å². The highest BCUT2D eigenvalue weighted by Crippen LogP contribution is 2.31. The first kappa shape index (κ1) is 23.6. The third kappa shape index (κ3) is 6.70. The average molecular weight is 441 g/mol. The van der Waals surface area contributed by atoms with Crippen LogP contribution in [0.15, 0.2) is 10.6 Å². The maximum absolute atomic E-state index is 12.8. The topological polar surface area (TPSA) is 82.8 Å². The van der Waals surface area contributed by atoms with Crippen LogP contribution in [-0.4, -0.2) is 53.8 Å². The predicted octanol–water partition coefficient (Wildman–Crippen LogP) is 4.51. The van der Waals surface area contributed by atoms with Gasteiger partial charge in [-0.2, -0.15) is 0 Å². The van der Waals surface area contributed by atoms with Crippen molar-refractivity contribution in [3.8, 4) is 0 Å². The molecule has 0 radical (unpaired) electrons. The standard InChI is InChI=1S/C22H36N2O5S/c1-21(2,15-28-19-10-6-8-12-27-19)17-13-18(29-24-17)23-20(25)22(3,4)30-14-16-9-5-7-11-26-16/h13,16,19H,5-12,14-15H2,1-4H3,(H,23,25). The van der Waals surface area contributed by atoms with Gasteiger partial charge in [0, 0.05) is 30.4 Å². The number of carbonyl (C=O) groups is 1. The summed E-state index contributed by atoms with van der Waals surface area (Å²) in [6.45, 7) is 9.99. The molecule has 2 atom stereocenters. The second kappa shape index (κ2) is 10.5. The third-order valence-corrected chi connectivity index (χ3v) is 7.10. The van der Waals surface area contributed by atoms with E-state index < -0.39 is 4.75 Å². The van der Waals surface area contributed by atoms with Crippen LogP contribution in [0, 0.1) is 0 Å². The summed E-state index contributed by atoms with van der Waals surface area (Å²) in [7, 11) is 0. The molecule has 2 aliphatic rings. The van der Waals surface area contributed by atoms with Gasteiger partial charge in [0.15, 0.2) is 6.29 Å². The van der Waals surface area contributed by atoms with Gasteiger partial charge < -0.3 is 18.7 Å². The van der Waals surface area contributed by atoms with Crippen molar-refractivity contribution < 1.29 is 23.5 Å². The summed E-state index contributed by atoms with van der Waals surface area (Å²) in [6.07, 6.45) is 6.65. The second-order valence-electron chi connectivity index (χ2n) is 9.33. The van der Waals surface area contributed by atoms with Gasteiger partial charge in [0.05, 0.1) is 23.2 Å². The summed E-state index contributed by atoms with van der Waals surface area (Å²) in [4.78, 5) is 12.8. The maximum atomic E-state index is 12.8. The summed E-state index contributed by atoms with van der Waals surface area (Å²) in [5.74, 6) is 1.07. The Bertz CT molecular complexity index is 679. The molecule has 7 nitrogen and oxygen atoms in total. The monoisotopic (exact) mass is 440 g/mol. The van der Waals surface area contributed by atoms with Crippen LogP contribution in [0.2, 0.25) is 0 Å².